The molecule has 4 N–H and O–H groups in total. The fourth-order valence-corrected chi connectivity index (χ4v) is 0.996. The Morgan fingerprint density at radius 3 is 2.44 bits per heavy atom. The van der Waals surface area contributed by atoms with Crippen LogP contribution in [0.2, 0.25) is 0 Å². The minimum Gasteiger partial charge on any atom is -0.480 e. The Balaban J connectivity index is 4.13. The molecule has 0 saturated heterocycles. The van der Waals surface area contributed by atoms with E-state index in [0.29, 0.717) is 0 Å². The van der Waals surface area contributed by atoms with Gasteiger partial charge >= 0.3 is 5.97 Å². The van der Waals surface area contributed by atoms with Gasteiger partial charge < -0.3 is 16.2 Å². The lowest BCUT2D eigenvalue weighted by molar-refractivity contribution is -0.142. The third kappa shape index (κ3) is 6.43. The van der Waals surface area contributed by atoms with Crippen LogP contribution in [0.15, 0.2) is 0 Å². The number of carboxylic acid groups (broad SMARTS) is 1. The van der Waals surface area contributed by atoms with Gasteiger partial charge in [0.2, 0.25) is 11.8 Å². The van der Waals surface area contributed by atoms with Crippen LogP contribution in [-0.2, 0) is 14.4 Å². The van der Waals surface area contributed by atoms with Crippen molar-refractivity contribution in [1.29, 1.82) is 0 Å². The van der Waals surface area contributed by atoms with Gasteiger partial charge in [-0.05, 0) is 6.42 Å². The van der Waals surface area contributed by atoms with Crippen molar-refractivity contribution in [1.82, 2.24) is 5.32 Å². The largest absolute Gasteiger partial charge is 0.480 e. The molecule has 0 heterocycles. The summed E-state index contributed by atoms with van der Waals surface area (Å²) in [6.45, 7) is 0. The van der Waals surface area contributed by atoms with E-state index in [0.717, 1.165) is 0 Å². The number of rotatable bonds is 7. The molecule has 0 aromatic rings. The number of terminal acetylenes is 1. The number of primary amides is 1. The smallest absolute Gasteiger partial charge is 0.326 e. The molecule has 0 bridgehead atoms. The highest BCUT2D eigenvalue weighted by Crippen LogP contribution is 1.98. The van der Waals surface area contributed by atoms with Crippen molar-refractivity contribution in [3.63, 3.8) is 0 Å². The molecule has 0 radical (unpaired) electrons. The minimum atomic E-state index is -1.20. The van der Waals surface area contributed by atoms with Gasteiger partial charge in [0.1, 0.15) is 6.04 Å². The van der Waals surface area contributed by atoms with Crippen molar-refractivity contribution in [2.24, 2.45) is 5.73 Å². The Bertz CT molecular complexity index is 319. The van der Waals surface area contributed by atoms with Crippen LogP contribution in [0, 0.1) is 12.3 Å². The fourth-order valence-electron chi connectivity index (χ4n) is 0.996. The Morgan fingerprint density at radius 2 is 2.00 bits per heavy atom. The van der Waals surface area contributed by atoms with E-state index in [1.807, 2.05) is 0 Å². The van der Waals surface area contributed by atoms with Crippen molar-refractivity contribution in [3.05, 3.63) is 0 Å². The Morgan fingerprint density at radius 1 is 1.38 bits per heavy atom. The molecule has 0 aliphatic rings. The second-order valence-corrected chi connectivity index (χ2v) is 3.17. The maximum absolute atomic E-state index is 11.2. The number of carbonyl (C=O) groups is 3. The molecular formula is C10H14N2O4. The van der Waals surface area contributed by atoms with Crippen molar-refractivity contribution < 1.29 is 19.5 Å². The van der Waals surface area contributed by atoms with E-state index in [9.17, 15) is 14.4 Å². The number of hydrogen-bond acceptors (Lipinski definition) is 3. The first kappa shape index (κ1) is 14.0. The number of carboxylic acids is 1. The molecule has 6 nitrogen and oxygen atoms in total. The molecule has 0 aromatic heterocycles. The third-order valence-electron chi connectivity index (χ3n) is 1.81. The predicted molar refractivity (Wildman–Crippen MR) is 56.1 cm³/mol. The summed E-state index contributed by atoms with van der Waals surface area (Å²) in [4.78, 5) is 32.4. The summed E-state index contributed by atoms with van der Waals surface area (Å²) in [6.07, 6.45) is 5.16. The first-order chi connectivity index (χ1) is 7.47. The average molecular weight is 226 g/mol. The first-order valence-corrected chi connectivity index (χ1v) is 4.71. The quantitative estimate of drug-likeness (QED) is 0.495. The summed E-state index contributed by atoms with van der Waals surface area (Å²) in [5.74, 6) is 0.0136. The SMILES string of the molecule is C#CCCC(=O)NC(CCC(N)=O)C(=O)O. The highest BCUT2D eigenvalue weighted by Gasteiger charge is 2.19. The highest BCUT2D eigenvalue weighted by molar-refractivity contribution is 5.84. The maximum atomic E-state index is 11.2. The van der Waals surface area contributed by atoms with E-state index >= 15 is 0 Å². The van der Waals surface area contributed by atoms with Crippen LogP contribution in [0.25, 0.3) is 0 Å². The Hall–Kier alpha value is -2.03. The summed E-state index contributed by atoms with van der Waals surface area (Å²) in [6, 6.07) is -1.10. The number of hydrogen-bond donors (Lipinski definition) is 3. The molecule has 16 heavy (non-hydrogen) atoms. The van der Waals surface area contributed by atoms with E-state index < -0.39 is 23.8 Å². The molecule has 0 rings (SSSR count). The zero-order valence-corrected chi connectivity index (χ0v) is 8.73. The molecule has 0 fully saturated rings. The number of nitrogens with one attached hydrogen (secondary N) is 1. The summed E-state index contributed by atoms with van der Waals surface area (Å²) < 4.78 is 0. The van der Waals surface area contributed by atoms with Gasteiger partial charge in [0.15, 0.2) is 0 Å². The Kier molecular flexibility index (Phi) is 6.36. The van der Waals surface area contributed by atoms with Crippen molar-refractivity contribution in [2.45, 2.75) is 31.7 Å². The molecule has 0 aromatic carbocycles. The van der Waals surface area contributed by atoms with E-state index in [1.54, 1.807) is 0 Å². The predicted octanol–water partition coefficient (Wildman–Crippen LogP) is -0.765. The van der Waals surface area contributed by atoms with Crippen LogP contribution >= 0.6 is 0 Å². The Labute approximate surface area is 93.2 Å². The van der Waals surface area contributed by atoms with Gasteiger partial charge in [0.25, 0.3) is 0 Å². The van der Waals surface area contributed by atoms with E-state index in [-0.39, 0.29) is 25.7 Å². The topological polar surface area (TPSA) is 109 Å². The van der Waals surface area contributed by atoms with Crippen LogP contribution in [0.3, 0.4) is 0 Å². The van der Waals surface area contributed by atoms with E-state index in [4.69, 9.17) is 17.3 Å². The van der Waals surface area contributed by atoms with Gasteiger partial charge in [-0.3, -0.25) is 9.59 Å². The van der Waals surface area contributed by atoms with Crippen molar-refractivity contribution >= 4 is 17.8 Å². The molecule has 0 spiro atoms. The van der Waals surface area contributed by atoms with E-state index in [2.05, 4.69) is 11.2 Å². The average Bonchev–Trinajstić information content (AvgIpc) is 2.20. The van der Waals surface area contributed by atoms with Crippen LogP contribution in [-0.4, -0.2) is 28.9 Å². The fraction of sp³-hybridized carbons (Fsp3) is 0.500. The number of carbonyl (C=O) groups excluding carboxylic acids is 2. The molecular weight excluding hydrogens is 212 g/mol. The lowest BCUT2D eigenvalue weighted by Crippen LogP contribution is -2.41. The molecule has 0 aliphatic carbocycles. The van der Waals surface area contributed by atoms with Crippen molar-refractivity contribution in [3.8, 4) is 12.3 Å². The summed E-state index contributed by atoms with van der Waals surface area (Å²) >= 11 is 0. The summed E-state index contributed by atoms with van der Waals surface area (Å²) in [5, 5.41) is 11.0. The van der Waals surface area contributed by atoms with Crippen LogP contribution < -0.4 is 11.1 Å². The number of aliphatic carboxylic acids is 1. The van der Waals surface area contributed by atoms with Gasteiger partial charge in [-0.1, -0.05) is 0 Å². The maximum Gasteiger partial charge on any atom is 0.326 e. The lowest BCUT2D eigenvalue weighted by Gasteiger charge is -2.12. The monoisotopic (exact) mass is 226 g/mol. The van der Waals surface area contributed by atoms with E-state index in [1.165, 1.54) is 0 Å². The second-order valence-electron chi connectivity index (χ2n) is 3.17. The van der Waals surface area contributed by atoms with Crippen LogP contribution in [0.5, 0.6) is 0 Å². The molecule has 1 atom stereocenters. The normalized spacial score (nSPS) is 11.2. The molecule has 6 heteroatoms. The molecule has 88 valence electrons. The van der Waals surface area contributed by atoms with Gasteiger partial charge in [-0.25, -0.2) is 4.79 Å². The van der Waals surface area contributed by atoms with Gasteiger partial charge in [0.05, 0.1) is 0 Å². The first-order valence-electron chi connectivity index (χ1n) is 4.71. The molecule has 1 unspecified atom stereocenters. The lowest BCUT2D eigenvalue weighted by atomic mass is 10.1. The van der Waals surface area contributed by atoms with Gasteiger partial charge in [0, 0.05) is 19.3 Å². The molecule has 0 aliphatic heterocycles. The number of nitrogens with two attached hydrogens (primary N) is 1. The standard InChI is InChI=1S/C10H14N2O4/c1-2-3-4-9(14)12-7(10(15)16)5-6-8(11)13/h1,7H,3-6H2,(H2,11,13)(H,12,14)(H,15,16). The third-order valence-corrected chi connectivity index (χ3v) is 1.81. The molecule has 2 amide bonds. The van der Waals surface area contributed by atoms with Gasteiger partial charge in [-0.2, -0.15) is 0 Å². The molecule has 0 saturated carbocycles. The summed E-state index contributed by atoms with van der Waals surface area (Å²) in [7, 11) is 0. The number of amides is 2. The van der Waals surface area contributed by atoms with Crippen LogP contribution in [0.1, 0.15) is 25.7 Å². The zero-order valence-electron chi connectivity index (χ0n) is 8.73. The van der Waals surface area contributed by atoms with Crippen molar-refractivity contribution in [2.75, 3.05) is 0 Å². The second kappa shape index (κ2) is 7.29. The minimum absolute atomic E-state index is 0.0214. The summed E-state index contributed by atoms with van der Waals surface area (Å²) in [5.41, 5.74) is 4.88. The zero-order chi connectivity index (χ0) is 12.6. The van der Waals surface area contributed by atoms with Gasteiger partial charge in [-0.15, -0.1) is 12.3 Å². The van der Waals surface area contributed by atoms with Crippen LogP contribution in [0.4, 0.5) is 0 Å². The highest BCUT2D eigenvalue weighted by atomic mass is 16.4.